The van der Waals surface area contributed by atoms with Crippen molar-refractivity contribution in [2.75, 3.05) is 0 Å². The number of aliphatic hydroxyl groups excluding tert-OH is 2. The molecule has 0 aliphatic carbocycles. The van der Waals surface area contributed by atoms with Gasteiger partial charge in [0.15, 0.2) is 0 Å². The van der Waals surface area contributed by atoms with Crippen molar-refractivity contribution >= 4 is 0 Å². The Hall–Kier alpha value is -0.600. The summed E-state index contributed by atoms with van der Waals surface area (Å²) >= 11 is 0. The summed E-state index contributed by atoms with van der Waals surface area (Å²) in [6.45, 7) is 5.40. The molecule has 0 saturated carbocycles. The van der Waals surface area contributed by atoms with Crippen molar-refractivity contribution in [3.63, 3.8) is 0 Å². The Labute approximate surface area is 74.2 Å². The van der Waals surface area contributed by atoms with E-state index in [2.05, 4.69) is 0 Å². The molecule has 0 aromatic heterocycles. The van der Waals surface area contributed by atoms with Gasteiger partial charge in [0.1, 0.15) is 0 Å². The van der Waals surface area contributed by atoms with Crippen LogP contribution < -0.4 is 0 Å². The fraction of sp³-hybridized carbons (Fsp3) is 0.600. The molecule has 12 heavy (non-hydrogen) atoms. The molecule has 0 spiro atoms. The van der Waals surface area contributed by atoms with Gasteiger partial charge in [-0.05, 0) is 27.2 Å². The molecule has 70 valence electrons. The molecular formula is C10H18O2. The molecule has 0 bridgehead atoms. The summed E-state index contributed by atoms with van der Waals surface area (Å²) in [7, 11) is 0. The second kappa shape index (κ2) is 5.98. The van der Waals surface area contributed by atoms with Crippen LogP contribution >= 0.6 is 0 Å². The standard InChI is InChI=1S/C10H18O2/c1-8(4-6-9(2)11)5-7-10(3)12/h4-6,9-12H,7H2,1-3H3/b6-4+,8-5-. The summed E-state index contributed by atoms with van der Waals surface area (Å²) in [4.78, 5) is 0. The molecule has 0 fully saturated rings. The largest absolute Gasteiger partial charge is 0.393 e. The first-order valence-corrected chi connectivity index (χ1v) is 4.23. The van der Waals surface area contributed by atoms with Crippen LogP contribution in [0.5, 0.6) is 0 Å². The minimum absolute atomic E-state index is 0.292. The van der Waals surface area contributed by atoms with Crippen molar-refractivity contribution in [3.05, 3.63) is 23.8 Å². The quantitative estimate of drug-likeness (QED) is 0.630. The SMILES string of the molecule is CC(=C/CC(C)O)/C=C/C(C)O. The molecular weight excluding hydrogens is 152 g/mol. The molecule has 2 heteroatoms. The molecule has 0 radical (unpaired) electrons. The highest BCUT2D eigenvalue weighted by Crippen LogP contribution is 2.01. The van der Waals surface area contributed by atoms with Gasteiger partial charge < -0.3 is 10.2 Å². The molecule has 2 unspecified atom stereocenters. The van der Waals surface area contributed by atoms with Gasteiger partial charge in [-0.2, -0.15) is 0 Å². The van der Waals surface area contributed by atoms with Gasteiger partial charge in [0.2, 0.25) is 0 Å². The number of rotatable bonds is 4. The van der Waals surface area contributed by atoms with Crippen molar-refractivity contribution in [1.29, 1.82) is 0 Å². The van der Waals surface area contributed by atoms with Crippen molar-refractivity contribution < 1.29 is 10.2 Å². The number of aliphatic hydroxyl groups is 2. The van der Waals surface area contributed by atoms with Crippen molar-refractivity contribution in [2.24, 2.45) is 0 Å². The van der Waals surface area contributed by atoms with Crippen molar-refractivity contribution in [3.8, 4) is 0 Å². The lowest BCUT2D eigenvalue weighted by Gasteiger charge is -1.99. The third-order valence-electron chi connectivity index (χ3n) is 1.42. The highest BCUT2D eigenvalue weighted by atomic mass is 16.3. The topological polar surface area (TPSA) is 40.5 Å². The van der Waals surface area contributed by atoms with E-state index in [4.69, 9.17) is 10.2 Å². The molecule has 0 aromatic carbocycles. The third-order valence-corrected chi connectivity index (χ3v) is 1.42. The van der Waals surface area contributed by atoms with E-state index in [0.29, 0.717) is 6.42 Å². The van der Waals surface area contributed by atoms with Gasteiger partial charge in [0, 0.05) is 0 Å². The van der Waals surface area contributed by atoms with Gasteiger partial charge in [0.25, 0.3) is 0 Å². The van der Waals surface area contributed by atoms with Gasteiger partial charge in [-0.15, -0.1) is 0 Å². The number of hydrogen-bond donors (Lipinski definition) is 2. The lowest BCUT2D eigenvalue weighted by molar-refractivity contribution is 0.198. The van der Waals surface area contributed by atoms with Crippen LogP contribution in [0.4, 0.5) is 0 Å². The summed E-state index contributed by atoms with van der Waals surface area (Å²) in [5.74, 6) is 0. The van der Waals surface area contributed by atoms with Crippen LogP contribution in [0, 0.1) is 0 Å². The van der Waals surface area contributed by atoms with E-state index in [-0.39, 0.29) is 6.10 Å². The van der Waals surface area contributed by atoms with E-state index in [0.717, 1.165) is 5.57 Å². The molecule has 0 aromatic rings. The average molecular weight is 170 g/mol. The van der Waals surface area contributed by atoms with Gasteiger partial charge in [-0.1, -0.05) is 23.8 Å². The number of hydrogen-bond acceptors (Lipinski definition) is 2. The van der Waals surface area contributed by atoms with E-state index in [9.17, 15) is 0 Å². The van der Waals surface area contributed by atoms with Gasteiger partial charge in [0.05, 0.1) is 12.2 Å². The van der Waals surface area contributed by atoms with E-state index in [1.807, 2.05) is 19.1 Å². The third kappa shape index (κ3) is 7.51. The summed E-state index contributed by atoms with van der Waals surface area (Å²) in [5, 5.41) is 17.9. The first kappa shape index (κ1) is 11.4. The molecule has 0 aliphatic heterocycles. The van der Waals surface area contributed by atoms with Crippen LogP contribution in [0.3, 0.4) is 0 Å². The molecule has 0 heterocycles. The van der Waals surface area contributed by atoms with E-state index in [1.165, 1.54) is 0 Å². The minimum atomic E-state index is -0.403. The van der Waals surface area contributed by atoms with E-state index in [1.54, 1.807) is 19.9 Å². The van der Waals surface area contributed by atoms with Crippen molar-refractivity contribution in [2.45, 2.75) is 39.4 Å². The lowest BCUT2D eigenvalue weighted by Crippen LogP contribution is -1.96. The summed E-state index contributed by atoms with van der Waals surface area (Å²) in [5.41, 5.74) is 1.07. The van der Waals surface area contributed by atoms with E-state index >= 15 is 0 Å². The first-order valence-electron chi connectivity index (χ1n) is 4.23. The fourth-order valence-corrected chi connectivity index (χ4v) is 0.716. The monoisotopic (exact) mass is 170 g/mol. The van der Waals surface area contributed by atoms with Crippen LogP contribution in [0.1, 0.15) is 27.2 Å². The maximum absolute atomic E-state index is 8.96. The van der Waals surface area contributed by atoms with Gasteiger partial charge in [-0.25, -0.2) is 0 Å². The zero-order valence-corrected chi connectivity index (χ0v) is 7.99. The van der Waals surface area contributed by atoms with Gasteiger partial charge >= 0.3 is 0 Å². The molecule has 0 saturated heterocycles. The Morgan fingerprint density at radius 2 is 1.92 bits per heavy atom. The molecule has 0 aliphatic rings. The Bertz CT molecular complexity index is 167. The summed E-state index contributed by atoms with van der Waals surface area (Å²) < 4.78 is 0. The normalized spacial score (nSPS) is 18.2. The summed E-state index contributed by atoms with van der Waals surface area (Å²) in [6, 6.07) is 0. The van der Waals surface area contributed by atoms with Crippen LogP contribution in [0.15, 0.2) is 23.8 Å². The van der Waals surface area contributed by atoms with Crippen molar-refractivity contribution in [1.82, 2.24) is 0 Å². The summed E-state index contributed by atoms with van der Waals surface area (Å²) in [6.07, 6.45) is 5.49. The highest BCUT2D eigenvalue weighted by Gasteiger charge is 1.91. The highest BCUT2D eigenvalue weighted by molar-refractivity contribution is 5.16. The molecule has 0 rings (SSSR count). The average Bonchev–Trinajstić information content (AvgIpc) is 1.96. The zero-order valence-electron chi connectivity index (χ0n) is 7.99. The van der Waals surface area contributed by atoms with Crippen LogP contribution in [-0.4, -0.2) is 22.4 Å². The van der Waals surface area contributed by atoms with E-state index < -0.39 is 6.10 Å². The predicted octanol–water partition coefficient (Wildman–Crippen LogP) is 1.64. The predicted molar refractivity (Wildman–Crippen MR) is 50.9 cm³/mol. The van der Waals surface area contributed by atoms with Crippen LogP contribution in [-0.2, 0) is 0 Å². The Kier molecular flexibility index (Phi) is 5.68. The number of allylic oxidation sites excluding steroid dienone is 2. The van der Waals surface area contributed by atoms with Crippen LogP contribution in [0.25, 0.3) is 0 Å². The molecule has 2 N–H and O–H groups in total. The molecule has 0 amide bonds. The molecule has 2 atom stereocenters. The smallest absolute Gasteiger partial charge is 0.0695 e. The van der Waals surface area contributed by atoms with Crippen LogP contribution in [0.2, 0.25) is 0 Å². The fourth-order valence-electron chi connectivity index (χ4n) is 0.716. The molecule has 2 nitrogen and oxygen atoms in total. The maximum atomic E-state index is 8.96. The minimum Gasteiger partial charge on any atom is -0.393 e. The second-order valence-corrected chi connectivity index (χ2v) is 3.13. The maximum Gasteiger partial charge on any atom is 0.0695 e. The van der Waals surface area contributed by atoms with Gasteiger partial charge in [-0.3, -0.25) is 0 Å². The second-order valence-electron chi connectivity index (χ2n) is 3.13. The Balaban J connectivity index is 3.85. The first-order chi connectivity index (χ1) is 5.52. The zero-order chi connectivity index (χ0) is 9.56. The Morgan fingerprint density at radius 1 is 1.33 bits per heavy atom. The lowest BCUT2D eigenvalue weighted by atomic mass is 10.2. The Morgan fingerprint density at radius 3 is 2.33 bits per heavy atom.